The lowest BCUT2D eigenvalue weighted by Crippen LogP contribution is -2.29. The lowest BCUT2D eigenvalue weighted by molar-refractivity contribution is 0.0736. The summed E-state index contributed by atoms with van der Waals surface area (Å²) in [5, 5.41) is 11.3. The number of aromatic nitrogens is 1. The summed E-state index contributed by atoms with van der Waals surface area (Å²) in [6.45, 7) is 6.71. The molecule has 6 rings (SSSR count). The Labute approximate surface area is 258 Å². The van der Waals surface area contributed by atoms with Gasteiger partial charge in [-0.15, -0.1) is 0 Å². The largest absolute Gasteiger partial charge is 0.508 e. The molecule has 226 valence electrons. The van der Waals surface area contributed by atoms with Crippen molar-refractivity contribution in [1.29, 1.82) is 0 Å². The number of fused-ring (bicyclic) bond motifs is 1. The molecule has 5 aromatic rings. The minimum atomic E-state index is -0.494. The number of hydrogen-bond acceptors (Lipinski definition) is 6. The maximum Gasteiger partial charge on any atom is 0.345 e. The number of rotatable bonds is 9. The SMILES string of the molecule is Cc1c(-c2ccc(OC(=O)c3ccccc3N)cc2)n(Cc2ccc(OCCN3CCCCCC3)cc2)c2ccc(O)cc12. The first kappa shape index (κ1) is 29.3. The fraction of sp³-hybridized carbons (Fsp3) is 0.270. The Bertz CT molecular complexity index is 1730. The lowest BCUT2D eigenvalue weighted by atomic mass is 10.1. The van der Waals surface area contributed by atoms with Gasteiger partial charge in [-0.1, -0.05) is 37.1 Å². The van der Waals surface area contributed by atoms with Crippen LogP contribution >= 0.6 is 0 Å². The van der Waals surface area contributed by atoms with Crippen LogP contribution in [0.15, 0.2) is 91.0 Å². The highest BCUT2D eigenvalue weighted by Gasteiger charge is 2.18. The number of phenolic OH excluding ortho intramolecular Hbond substituents is 1. The van der Waals surface area contributed by atoms with Crippen LogP contribution in [0.3, 0.4) is 0 Å². The number of anilines is 1. The molecule has 0 atom stereocenters. The second-order valence-corrected chi connectivity index (χ2v) is 11.5. The Balaban J connectivity index is 1.20. The molecule has 0 aliphatic carbocycles. The number of benzene rings is 4. The van der Waals surface area contributed by atoms with E-state index in [-0.39, 0.29) is 5.75 Å². The Morgan fingerprint density at radius 1 is 0.864 bits per heavy atom. The molecule has 1 fully saturated rings. The number of esters is 1. The highest BCUT2D eigenvalue weighted by atomic mass is 16.5. The number of ether oxygens (including phenoxy) is 2. The highest BCUT2D eigenvalue weighted by Crippen LogP contribution is 2.36. The van der Waals surface area contributed by atoms with E-state index in [1.807, 2.05) is 36.4 Å². The molecule has 0 radical (unpaired) electrons. The van der Waals surface area contributed by atoms with Crippen LogP contribution in [0.4, 0.5) is 5.69 Å². The second-order valence-electron chi connectivity index (χ2n) is 11.5. The van der Waals surface area contributed by atoms with Gasteiger partial charge in [-0.3, -0.25) is 4.90 Å². The molecule has 0 saturated carbocycles. The molecule has 44 heavy (non-hydrogen) atoms. The zero-order valence-corrected chi connectivity index (χ0v) is 25.2. The van der Waals surface area contributed by atoms with Gasteiger partial charge in [-0.05, 0) is 116 Å². The topological polar surface area (TPSA) is 90.0 Å². The van der Waals surface area contributed by atoms with Crippen LogP contribution in [-0.4, -0.2) is 46.8 Å². The summed E-state index contributed by atoms with van der Waals surface area (Å²) < 4.78 is 14.0. The Morgan fingerprint density at radius 2 is 1.57 bits per heavy atom. The van der Waals surface area contributed by atoms with Crippen molar-refractivity contribution in [3.63, 3.8) is 0 Å². The van der Waals surface area contributed by atoms with Crippen LogP contribution in [0, 0.1) is 6.92 Å². The van der Waals surface area contributed by atoms with Crippen molar-refractivity contribution >= 4 is 22.6 Å². The number of likely N-dealkylation sites (tertiary alicyclic amines) is 1. The van der Waals surface area contributed by atoms with E-state index in [9.17, 15) is 9.90 Å². The molecule has 1 aliphatic heterocycles. The van der Waals surface area contributed by atoms with Gasteiger partial charge in [0.2, 0.25) is 0 Å². The Hall–Kier alpha value is -4.75. The van der Waals surface area contributed by atoms with Crippen LogP contribution in [0.5, 0.6) is 17.2 Å². The number of carbonyl (C=O) groups excluding carboxylic acids is 1. The average Bonchev–Trinajstić information content (AvgIpc) is 3.17. The molecule has 0 spiro atoms. The van der Waals surface area contributed by atoms with Crippen LogP contribution in [0.2, 0.25) is 0 Å². The standard InChI is InChI=1S/C37H39N3O4/c1-26-33-24-29(41)14-19-35(33)40(25-27-10-15-30(16-11-27)43-23-22-39-20-6-2-3-7-21-39)36(26)28-12-17-31(18-13-28)44-37(42)32-8-4-5-9-34(32)38/h4-5,8-19,24,41H,2-3,6-7,20-23,25,38H2,1H3. The summed E-state index contributed by atoms with van der Waals surface area (Å²) in [6, 6.07) is 28.2. The molecule has 1 aliphatic rings. The molecule has 1 aromatic heterocycles. The normalized spacial score (nSPS) is 13.9. The number of para-hydroxylation sites is 1. The van der Waals surface area contributed by atoms with Gasteiger partial charge < -0.3 is 24.9 Å². The third-order valence-electron chi connectivity index (χ3n) is 8.46. The van der Waals surface area contributed by atoms with Crippen molar-refractivity contribution in [1.82, 2.24) is 9.47 Å². The van der Waals surface area contributed by atoms with Crippen LogP contribution < -0.4 is 15.2 Å². The lowest BCUT2D eigenvalue weighted by Gasteiger charge is -2.19. The summed E-state index contributed by atoms with van der Waals surface area (Å²) in [4.78, 5) is 15.2. The first-order valence-corrected chi connectivity index (χ1v) is 15.4. The number of phenols is 1. The summed E-state index contributed by atoms with van der Waals surface area (Å²) in [5.41, 5.74) is 11.9. The number of nitrogen functional groups attached to an aromatic ring is 1. The summed E-state index contributed by atoms with van der Waals surface area (Å²) in [7, 11) is 0. The summed E-state index contributed by atoms with van der Waals surface area (Å²) in [6.07, 6.45) is 5.24. The highest BCUT2D eigenvalue weighted by molar-refractivity contribution is 5.96. The number of carbonyl (C=O) groups is 1. The van der Waals surface area contributed by atoms with Crippen molar-refractivity contribution in [2.24, 2.45) is 0 Å². The predicted molar refractivity (Wildman–Crippen MR) is 176 cm³/mol. The molecule has 3 N–H and O–H groups in total. The van der Waals surface area contributed by atoms with Gasteiger partial charge in [-0.2, -0.15) is 0 Å². The molecular weight excluding hydrogens is 550 g/mol. The Kier molecular flexibility index (Phi) is 8.84. The smallest absolute Gasteiger partial charge is 0.345 e. The predicted octanol–water partition coefficient (Wildman–Crippen LogP) is 7.43. The zero-order chi connectivity index (χ0) is 30.5. The van der Waals surface area contributed by atoms with E-state index >= 15 is 0 Å². The van der Waals surface area contributed by atoms with Gasteiger partial charge in [0.15, 0.2) is 0 Å². The average molecular weight is 590 g/mol. The summed E-state index contributed by atoms with van der Waals surface area (Å²) >= 11 is 0. The fourth-order valence-electron chi connectivity index (χ4n) is 6.10. The molecule has 7 heteroatoms. The van der Waals surface area contributed by atoms with Gasteiger partial charge in [0.05, 0.1) is 11.3 Å². The molecular formula is C37H39N3O4. The molecule has 2 heterocycles. The molecule has 4 aromatic carbocycles. The van der Waals surface area contributed by atoms with Gasteiger partial charge in [-0.25, -0.2) is 4.79 Å². The van der Waals surface area contributed by atoms with Gasteiger partial charge >= 0.3 is 5.97 Å². The number of nitrogens with two attached hydrogens (primary N) is 1. The van der Waals surface area contributed by atoms with Crippen LogP contribution in [0.25, 0.3) is 22.2 Å². The van der Waals surface area contributed by atoms with Crippen LogP contribution in [-0.2, 0) is 6.54 Å². The number of aromatic hydroxyl groups is 1. The van der Waals surface area contributed by atoms with Gasteiger partial charge in [0, 0.05) is 29.7 Å². The van der Waals surface area contributed by atoms with E-state index in [1.54, 1.807) is 42.5 Å². The monoisotopic (exact) mass is 589 g/mol. The fourth-order valence-corrected chi connectivity index (χ4v) is 6.10. The first-order valence-electron chi connectivity index (χ1n) is 15.4. The van der Waals surface area contributed by atoms with E-state index in [4.69, 9.17) is 15.2 Å². The van der Waals surface area contributed by atoms with Crippen LogP contribution in [0.1, 0.15) is 47.2 Å². The van der Waals surface area contributed by atoms with Crippen molar-refractivity contribution in [2.75, 3.05) is 32.0 Å². The maximum absolute atomic E-state index is 12.7. The van der Waals surface area contributed by atoms with Crippen molar-refractivity contribution in [3.05, 3.63) is 108 Å². The van der Waals surface area contributed by atoms with Gasteiger partial charge in [0.1, 0.15) is 23.9 Å². The van der Waals surface area contributed by atoms with E-state index < -0.39 is 5.97 Å². The third-order valence-corrected chi connectivity index (χ3v) is 8.46. The molecule has 0 unspecified atom stereocenters. The van der Waals surface area contributed by atoms with Crippen molar-refractivity contribution in [3.8, 4) is 28.5 Å². The summed E-state index contributed by atoms with van der Waals surface area (Å²) in [5.74, 6) is 1.05. The molecule has 0 amide bonds. The first-order chi connectivity index (χ1) is 21.5. The quantitative estimate of drug-likeness (QED) is 0.106. The minimum Gasteiger partial charge on any atom is -0.508 e. The van der Waals surface area contributed by atoms with Crippen molar-refractivity contribution < 1.29 is 19.4 Å². The third kappa shape index (κ3) is 6.58. The molecule has 7 nitrogen and oxygen atoms in total. The van der Waals surface area contributed by atoms with E-state index in [0.717, 1.165) is 45.6 Å². The molecule has 0 bridgehead atoms. The van der Waals surface area contributed by atoms with Gasteiger partial charge in [0.25, 0.3) is 0 Å². The van der Waals surface area contributed by atoms with E-state index in [1.165, 1.54) is 38.8 Å². The molecule has 1 saturated heterocycles. The maximum atomic E-state index is 12.7. The number of aryl methyl sites for hydroxylation is 1. The number of hydrogen-bond donors (Lipinski definition) is 2. The second kappa shape index (κ2) is 13.3. The number of nitrogens with zero attached hydrogens (tertiary/aromatic N) is 2. The minimum absolute atomic E-state index is 0.230. The van der Waals surface area contributed by atoms with E-state index in [0.29, 0.717) is 30.2 Å². The van der Waals surface area contributed by atoms with E-state index in [2.05, 4.69) is 28.5 Å². The Morgan fingerprint density at radius 3 is 2.30 bits per heavy atom. The zero-order valence-electron chi connectivity index (χ0n) is 25.2. The van der Waals surface area contributed by atoms with Crippen molar-refractivity contribution in [2.45, 2.75) is 39.2 Å².